The number of amides is 1. The smallest absolute Gasteiger partial charge is 0.319 e. The van der Waals surface area contributed by atoms with Crippen molar-refractivity contribution in [2.45, 2.75) is 66.2 Å². The molecule has 1 atom stereocenters. The maximum Gasteiger partial charge on any atom is 0.319 e. The molecule has 1 aliphatic heterocycles. The van der Waals surface area contributed by atoms with Crippen LogP contribution in [0.15, 0.2) is 59.8 Å². The van der Waals surface area contributed by atoms with Gasteiger partial charge in [0, 0.05) is 35.5 Å². The zero-order chi connectivity index (χ0) is 28.8. The zero-order valence-corrected chi connectivity index (χ0v) is 25.2. The number of aryl methyl sites for hydroxylation is 3. The van der Waals surface area contributed by atoms with Crippen LogP contribution in [0.25, 0.3) is 33.3 Å². The van der Waals surface area contributed by atoms with Crippen LogP contribution in [0.1, 0.15) is 55.5 Å². The molecule has 0 spiro atoms. The minimum Gasteiger partial charge on any atom is -0.358 e. The van der Waals surface area contributed by atoms with Crippen LogP contribution in [0, 0.1) is 25.7 Å². The van der Waals surface area contributed by atoms with Gasteiger partial charge in [-0.1, -0.05) is 72.1 Å². The van der Waals surface area contributed by atoms with Crippen LogP contribution in [0.4, 0.5) is 5.69 Å². The van der Waals surface area contributed by atoms with Crippen LogP contribution in [-0.2, 0) is 16.1 Å². The molecule has 208 valence electrons. The standard InChI is InChI=1S/C33H37N3O3S/c1-20-14-16-23(17-15-20)27-25-21(2)28(24-12-9-8-10-13-24)35-18-11-19-36(40-7)29(30(25)35)22(3)26(27)31(32(37)34-38)39-33(4,5)6/h8-10,12-17,31H,11,18-19H2,1-7H3. The van der Waals surface area contributed by atoms with Crippen molar-refractivity contribution in [3.8, 4) is 22.4 Å². The number of hydrogen-bond donors (Lipinski definition) is 0. The largest absolute Gasteiger partial charge is 0.358 e. The monoisotopic (exact) mass is 555 g/mol. The van der Waals surface area contributed by atoms with Crippen LogP contribution < -0.4 is 4.31 Å². The van der Waals surface area contributed by atoms with E-state index in [1.54, 1.807) is 11.9 Å². The highest BCUT2D eigenvalue weighted by Gasteiger charge is 2.37. The normalized spacial score (nSPS) is 14.3. The third kappa shape index (κ3) is 4.86. The summed E-state index contributed by atoms with van der Waals surface area (Å²) in [5.74, 6) is -0.817. The molecule has 5 rings (SSSR count). The van der Waals surface area contributed by atoms with Crippen molar-refractivity contribution >= 4 is 34.4 Å². The molecule has 1 aromatic heterocycles. The number of benzene rings is 3. The van der Waals surface area contributed by atoms with Crippen LogP contribution in [0.5, 0.6) is 0 Å². The Morgan fingerprint density at radius 2 is 1.62 bits per heavy atom. The van der Waals surface area contributed by atoms with E-state index >= 15 is 0 Å². The second-order valence-corrected chi connectivity index (χ2v) is 12.3. The number of aromatic nitrogens is 1. The van der Waals surface area contributed by atoms with E-state index in [1.165, 1.54) is 5.69 Å². The van der Waals surface area contributed by atoms with Gasteiger partial charge in [0.05, 0.1) is 22.5 Å². The van der Waals surface area contributed by atoms with E-state index in [-0.39, 0.29) is 0 Å². The minimum absolute atomic E-state index is 0.680. The number of nitroso groups, excluding NO2 is 1. The Kier molecular flexibility index (Phi) is 7.64. The summed E-state index contributed by atoms with van der Waals surface area (Å²) in [5, 5.41) is 3.99. The first-order valence-electron chi connectivity index (χ1n) is 13.8. The lowest BCUT2D eigenvalue weighted by molar-refractivity contribution is -0.139. The van der Waals surface area contributed by atoms with E-state index in [2.05, 4.69) is 89.6 Å². The van der Waals surface area contributed by atoms with Gasteiger partial charge in [0.1, 0.15) is 0 Å². The molecule has 2 heterocycles. The first kappa shape index (κ1) is 28.1. The van der Waals surface area contributed by atoms with E-state index in [9.17, 15) is 9.70 Å². The molecule has 40 heavy (non-hydrogen) atoms. The molecule has 0 fully saturated rings. The summed E-state index contributed by atoms with van der Waals surface area (Å²) in [6, 6.07) is 18.9. The summed E-state index contributed by atoms with van der Waals surface area (Å²) in [6.45, 7) is 13.7. The van der Waals surface area contributed by atoms with E-state index in [0.29, 0.717) is 5.56 Å². The number of ether oxygens (including phenoxy) is 1. The van der Waals surface area contributed by atoms with Crippen molar-refractivity contribution < 1.29 is 9.53 Å². The predicted molar refractivity (Wildman–Crippen MR) is 167 cm³/mol. The summed E-state index contributed by atoms with van der Waals surface area (Å²) in [5.41, 5.74) is 9.72. The molecule has 3 aromatic carbocycles. The maximum atomic E-state index is 13.3. The molecule has 0 saturated carbocycles. The first-order chi connectivity index (χ1) is 19.1. The molecule has 6 nitrogen and oxygen atoms in total. The summed E-state index contributed by atoms with van der Waals surface area (Å²) >= 11 is 1.68. The Hall–Kier alpha value is -3.42. The van der Waals surface area contributed by atoms with Gasteiger partial charge >= 0.3 is 5.91 Å². The predicted octanol–water partition coefficient (Wildman–Crippen LogP) is 8.54. The molecule has 0 aliphatic carbocycles. The fourth-order valence-corrected chi connectivity index (χ4v) is 6.79. The highest BCUT2D eigenvalue weighted by atomic mass is 32.2. The Labute approximate surface area is 240 Å². The summed E-state index contributed by atoms with van der Waals surface area (Å²) in [6.07, 6.45) is 1.93. The summed E-state index contributed by atoms with van der Waals surface area (Å²) in [7, 11) is 0. The fourth-order valence-electron chi connectivity index (χ4n) is 6.07. The molecular formula is C33H37N3O3S. The van der Waals surface area contributed by atoms with Gasteiger partial charge in [-0.25, -0.2) is 0 Å². The highest BCUT2D eigenvalue weighted by molar-refractivity contribution is 8.00. The SMILES string of the molecule is CSN1CCCn2c(-c3ccccc3)c(C)c3c(-c4ccc(C)cc4)c(C(OC(C)(C)C)C(=O)N=O)c(C)c1c32. The molecule has 0 N–H and O–H groups in total. The van der Waals surface area contributed by atoms with Gasteiger partial charge in [0.15, 0.2) is 6.10 Å². The van der Waals surface area contributed by atoms with Crippen molar-refractivity contribution in [2.24, 2.45) is 5.18 Å². The Morgan fingerprint density at radius 3 is 2.23 bits per heavy atom. The zero-order valence-electron chi connectivity index (χ0n) is 24.4. The second-order valence-electron chi connectivity index (χ2n) is 11.5. The molecule has 0 bridgehead atoms. The third-order valence-electron chi connectivity index (χ3n) is 7.66. The first-order valence-corrected chi connectivity index (χ1v) is 14.9. The lowest BCUT2D eigenvalue weighted by Gasteiger charge is -2.31. The topological polar surface area (TPSA) is 63.9 Å². The average Bonchev–Trinajstić information content (AvgIpc) is 3.08. The highest BCUT2D eigenvalue weighted by Crippen LogP contribution is 2.51. The van der Waals surface area contributed by atoms with Gasteiger partial charge < -0.3 is 13.6 Å². The van der Waals surface area contributed by atoms with E-state index in [0.717, 1.165) is 69.5 Å². The van der Waals surface area contributed by atoms with Gasteiger partial charge in [-0.15, -0.1) is 4.91 Å². The number of anilines is 1. The number of carbonyl (C=O) groups excluding carboxylic acids is 1. The number of hydrogen-bond acceptors (Lipinski definition) is 5. The lowest BCUT2D eigenvalue weighted by atomic mass is 9.86. The Balaban J connectivity index is 2.03. The van der Waals surface area contributed by atoms with Crippen LogP contribution >= 0.6 is 11.9 Å². The third-order valence-corrected chi connectivity index (χ3v) is 8.46. The van der Waals surface area contributed by atoms with Crippen molar-refractivity contribution in [1.82, 2.24) is 4.57 Å². The van der Waals surface area contributed by atoms with Gasteiger partial charge in [0.25, 0.3) is 0 Å². The van der Waals surface area contributed by atoms with Crippen LogP contribution in [0.3, 0.4) is 0 Å². The molecule has 0 saturated heterocycles. The van der Waals surface area contributed by atoms with Crippen molar-refractivity contribution in [3.63, 3.8) is 0 Å². The maximum absolute atomic E-state index is 13.3. The minimum atomic E-state index is -1.13. The van der Waals surface area contributed by atoms with E-state index < -0.39 is 17.6 Å². The number of rotatable bonds is 6. The number of carbonyl (C=O) groups is 1. The molecule has 4 aromatic rings. The van der Waals surface area contributed by atoms with Crippen molar-refractivity contribution in [1.29, 1.82) is 0 Å². The van der Waals surface area contributed by atoms with Crippen molar-refractivity contribution in [2.75, 3.05) is 17.1 Å². The Bertz CT molecular complexity index is 1580. The number of nitrogens with zero attached hydrogens (tertiary/aromatic N) is 3. The summed E-state index contributed by atoms with van der Waals surface area (Å²) < 4.78 is 11.2. The van der Waals surface area contributed by atoms with Crippen LogP contribution in [0.2, 0.25) is 0 Å². The molecule has 1 aliphatic rings. The van der Waals surface area contributed by atoms with Gasteiger partial charge in [-0.05, 0) is 75.8 Å². The van der Waals surface area contributed by atoms with Crippen molar-refractivity contribution in [3.05, 3.63) is 81.8 Å². The van der Waals surface area contributed by atoms with E-state index in [4.69, 9.17) is 4.74 Å². The van der Waals surface area contributed by atoms with Crippen LogP contribution in [-0.4, -0.2) is 28.9 Å². The molecule has 0 radical (unpaired) electrons. The summed E-state index contributed by atoms with van der Waals surface area (Å²) in [4.78, 5) is 25.1. The Morgan fingerprint density at radius 1 is 0.950 bits per heavy atom. The molecule has 7 heteroatoms. The lowest BCUT2D eigenvalue weighted by Crippen LogP contribution is -2.28. The average molecular weight is 556 g/mol. The molecular weight excluding hydrogens is 518 g/mol. The van der Waals surface area contributed by atoms with Gasteiger partial charge in [-0.2, -0.15) is 0 Å². The van der Waals surface area contributed by atoms with Gasteiger partial charge in [0.2, 0.25) is 0 Å². The molecule has 1 unspecified atom stereocenters. The second kappa shape index (κ2) is 10.9. The quantitative estimate of drug-likeness (QED) is 0.176. The van der Waals surface area contributed by atoms with Gasteiger partial charge in [-0.3, -0.25) is 4.79 Å². The molecule has 1 amide bonds. The fraction of sp³-hybridized carbons (Fsp3) is 0.364. The van der Waals surface area contributed by atoms with E-state index in [1.807, 2.05) is 26.8 Å².